The average Bonchev–Trinajstić information content (AvgIpc) is 2.47. The Kier molecular flexibility index (Phi) is 4.14. The zero-order valence-electron chi connectivity index (χ0n) is 11.4. The first-order valence-corrected chi connectivity index (χ1v) is 6.09. The van der Waals surface area contributed by atoms with E-state index in [4.69, 9.17) is 10.5 Å². The van der Waals surface area contributed by atoms with E-state index in [-0.39, 0.29) is 5.91 Å². The van der Waals surface area contributed by atoms with Gasteiger partial charge in [0.2, 0.25) is 5.88 Å². The van der Waals surface area contributed by atoms with Crippen LogP contribution in [0.4, 0.5) is 5.69 Å². The Morgan fingerprint density at radius 1 is 1.35 bits per heavy atom. The Morgan fingerprint density at radius 2 is 2.15 bits per heavy atom. The molecule has 2 heterocycles. The number of carbonyl (C=O) groups is 1. The predicted molar refractivity (Wildman–Crippen MR) is 75.3 cm³/mol. The minimum atomic E-state index is -0.210. The molecule has 0 aromatic carbocycles. The van der Waals surface area contributed by atoms with E-state index in [0.29, 0.717) is 29.4 Å². The number of amides is 1. The molecule has 0 aliphatic heterocycles. The summed E-state index contributed by atoms with van der Waals surface area (Å²) in [5, 5.41) is 2.81. The summed E-state index contributed by atoms with van der Waals surface area (Å²) in [6, 6.07) is 5.20. The topological polar surface area (TPSA) is 90.1 Å². The van der Waals surface area contributed by atoms with Crippen molar-refractivity contribution in [3.05, 3.63) is 47.4 Å². The van der Waals surface area contributed by atoms with Gasteiger partial charge in [0.1, 0.15) is 0 Å². The molecule has 0 spiro atoms. The highest BCUT2D eigenvalue weighted by atomic mass is 16.5. The van der Waals surface area contributed by atoms with Gasteiger partial charge in [-0.1, -0.05) is 6.07 Å². The zero-order valence-corrected chi connectivity index (χ0v) is 11.4. The molecule has 0 unspecified atom stereocenters. The van der Waals surface area contributed by atoms with Crippen LogP contribution in [0.1, 0.15) is 21.6 Å². The van der Waals surface area contributed by atoms with Gasteiger partial charge in [-0.2, -0.15) is 0 Å². The first-order valence-electron chi connectivity index (χ1n) is 6.09. The molecule has 3 N–H and O–H groups in total. The Balaban J connectivity index is 2.02. The molecule has 0 atom stereocenters. The highest BCUT2D eigenvalue weighted by Gasteiger charge is 2.10. The van der Waals surface area contributed by atoms with Crippen molar-refractivity contribution in [2.24, 2.45) is 0 Å². The molecule has 104 valence electrons. The van der Waals surface area contributed by atoms with Crippen molar-refractivity contribution in [2.75, 3.05) is 12.8 Å². The summed E-state index contributed by atoms with van der Waals surface area (Å²) in [6.07, 6.45) is 3.18. The van der Waals surface area contributed by atoms with E-state index in [1.807, 2.05) is 6.07 Å². The molecule has 1 amide bonds. The smallest absolute Gasteiger partial charge is 0.253 e. The fraction of sp³-hybridized carbons (Fsp3) is 0.214. The zero-order chi connectivity index (χ0) is 14.5. The maximum absolute atomic E-state index is 12.1. The van der Waals surface area contributed by atoms with Crippen molar-refractivity contribution in [1.82, 2.24) is 15.3 Å². The van der Waals surface area contributed by atoms with Crippen molar-refractivity contribution < 1.29 is 9.53 Å². The molecule has 2 rings (SSSR count). The standard InChI is InChI=1S/C14H16N4O2/c1-9-12(5-11(15)8-16-9)14(19)18-7-10-3-4-13(20-2)17-6-10/h3-6,8H,7,15H2,1-2H3,(H,18,19). The number of aryl methyl sites for hydroxylation is 1. The van der Waals surface area contributed by atoms with Gasteiger partial charge in [0.25, 0.3) is 5.91 Å². The van der Waals surface area contributed by atoms with Crippen molar-refractivity contribution in [3.63, 3.8) is 0 Å². The minimum absolute atomic E-state index is 0.210. The van der Waals surface area contributed by atoms with Crippen LogP contribution in [0.3, 0.4) is 0 Å². The first kappa shape index (κ1) is 13.8. The number of pyridine rings is 2. The SMILES string of the molecule is COc1ccc(CNC(=O)c2cc(N)cnc2C)cn1. The number of methoxy groups -OCH3 is 1. The molecular weight excluding hydrogens is 256 g/mol. The van der Waals surface area contributed by atoms with Crippen molar-refractivity contribution in [2.45, 2.75) is 13.5 Å². The molecule has 6 heteroatoms. The number of nitrogens with one attached hydrogen (secondary N) is 1. The number of anilines is 1. The van der Waals surface area contributed by atoms with Crippen LogP contribution in [0.15, 0.2) is 30.6 Å². The predicted octanol–water partition coefficient (Wildman–Crippen LogP) is 1.31. The summed E-state index contributed by atoms with van der Waals surface area (Å²) in [6.45, 7) is 2.15. The van der Waals surface area contributed by atoms with Gasteiger partial charge in [0.15, 0.2) is 0 Å². The Labute approximate surface area is 117 Å². The quantitative estimate of drug-likeness (QED) is 0.875. The molecule has 0 fully saturated rings. The van der Waals surface area contributed by atoms with Gasteiger partial charge < -0.3 is 15.8 Å². The van der Waals surface area contributed by atoms with Gasteiger partial charge in [0.05, 0.1) is 30.3 Å². The molecule has 0 aliphatic carbocycles. The van der Waals surface area contributed by atoms with E-state index in [2.05, 4.69) is 15.3 Å². The number of nitrogens with zero attached hydrogens (tertiary/aromatic N) is 2. The third-order valence-corrected chi connectivity index (χ3v) is 2.81. The Bertz CT molecular complexity index is 611. The van der Waals surface area contributed by atoms with Crippen LogP contribution in [0.2, 0.25) is 0 Å². The van der Waals surface area contributed by atoms with E-state index in [1.165, 1.54) is 6.20 Å². The number of aromatic nitrogens is 2. The molecule has 0 radical (unpaired) electrons. The van der Waals surface area contributed by atoms with Crippen LogP contribution in [-0.4, -0.2) is 23.0 Å². The second-order valence-corrected chi connectivity index (χ2v) is 4.29. The van der Waals surface area contributed by atoms with E-state index in [1.54, 1.807) is 32.4 Å². The maximum Gasteiger partial charge on any atom is 0.253 e. The molecule has 0 aliphatic rings. The molecular formula is C14H16N4O2. The lowest BCUT2D eigenvalue weighted by Gasteiger charge is -2.08. The molecule has 2 aromatic heterocycles. The highest BCUT2D eigenvalue weighted by molar-refractivity contribution is 5.95. The fourth-order valence-corrected chi connectivity index (χ4v) is 1.69. The van der Waals surface area contributed by atoms with Crippen molar-refractivity contribution in [3.8, 4) is 5.88 Å². The van der Waals surface area contributed by atoms with Crippen molar-refractivity contribution >= 4 is 11.6 Å². The Morgan fingerprint density at radius 3 is 2.80 bits per heavy atom. The first-order chi connectivity index (χ1) is 9.60. The summed E-state index contributed by atoms with van der Waals surface area (Å²) in [4.78, 5) is 20.2. The number of hydrogen-bond acceptors (Lipinski definition) is 5. The summed E-state index contributed by atoms with van der Waals surface area (Å²) in [5.41, 5.74) is 8.11. The van der Waals surface area contributed by atoms with Crippen LogP contribution >= 0.6 is 0 Å². The molecule has 0 bridgehead atoms. The summed E-state index contributed by atoms with van der Waals surface area (Å²) in [5.74, 6) is 0.328. The van der Waals surface area contributed by atoms with Crippen molar-refractivity contribution in [1.29, 1.82) is 0 Å². The lowest BCUT2D eigenvalue weighted by molar-refractivity contribution is 0.0950. The van der Waals surface area contributed by atoms with Gasteiger partial charge >= 0.3 is 0 Å². The average molecular weight is 272 g/mol. The van der Waals surface area contributed by atoms with Gasteiger partial charge in [-0.25, -0.2) is 4.98 Å². The number of carbonyl (C=O) groups excluding carboxylic acids is 1. The van der Waals surface area contributed by atoms with Crippen LogP contribution in [0.5, 0.6) is 5.88 Å². The fourth-order valence-electron chi connectivity index (χ4n) is 1.69. The van der Waals surface area contributed by atoms with Crippen LogP contribution < -0.4 is 15.8 Å². The van der Waals surface area contributed by atoms with E-state index < -0.39 is 0 Å². The second kappa shape index (κ2) is 6.01. The van der Waals surface area contributed by atoms with E-state index in [0.717, 1.165) is 5.56 Å². The number of nitrogen functional groups attached to an aromatic ring is 1. The lowest BCUT2D eigenvalue weighted by Crippen LogP contribution is -2.24. The lowest BCUT2D eigenvalue weighted by atomic mass is 10.1. The van der Waals surface area contributed by atoms with Gasteiger partial charge in [0, 0.05) is 18.8 Å². The monoisotopic (exact) mass is 272 g/mol. The number of rotatable bonds is 4. The normalized spacial score (nSPS) is 10.1. The molecule has 2 aromatic rings. The summed E-state index contributed by atoms with van der Waals surface area (Å²) >= 11 is 0. The van der Waals surface area contributed by atoms with Gasteiger partial charge in [-0.3, -0.25) is 9.78 Å². The van der Waals surface area contributed by atoms with Crippen LogP contribution in [0.25, 0.3) is 0 Å². The summed E-state index contributed by atoms with van der Waals surface area (Å²) in [7, 11) is 1.55. The maximum atomic E-state index is 12.1. The third kappa shape index (κ3) is 3.23. The minimum Gasteiger partial charge on any atom is -0.481 e. The Hall–Kier alpha value is -2.63. The second-order valence-electron chi connectivity index (χ2n) is 4.29. The van der Waals surface area contributed by atoms with E-state index >= 15 is 0 Å². The number of ether oxygens (including phenoxy) is 1. The number of nitrogens with two attached hydrogens (primary N) is 1. The molecule has 6 nitrogen and oxygen atoms in total. The van der Waals surface area contributed by atoms with Gasteiger partial charge in [-0.05, 0) is 18.6 Å². The highest BCUT2D eigenvalue weighted by Crippen LogP contribution is 2.10. The van der Waals surface area contributed by atoms with E-state index in [9.17, 15) is 4.79 Å². The van der Waals surface area contributed by atoms with Crippen LogP contribution in [0, 0.1) is 6.92 Å². The van der Waals surface area contributed by atoms with Gasteiger partial charge in [-0.15, -0.1) is 0 Å². The summed E-state index contributed by atoms with van der Waals surface area (Å²) < 4.78 is 4.97. The molecule has 0 saturated carbocycles. The largest absolute Gasteiger partial charge is 0.481 e. The molecule has 0 saturated heterocycles. The molecule has 20 heavy (non-hydrogen) atoms. The number of hydrogen-bond donors (Lipinski definition) is 2. The van der Waals surface area contributed by atoms with Crippen LogP contribution in [-0.2, 0) is 6.54 Å². The third-order valence-electron chi connectivity index (χ3n) is 2.81.